The minimum absolute atomic E-state index is 0.0162. The van der Waals surface area contributed by atoms with Crippen LogP contribution in [-0.2, 0) is 4.74 Å². The maximum atomic E-state index is 13.6. The number of thioether (sulfide) groups is 1. The maximum absolute atomic E-state index is 13.6. The van der Waals surface area contributed by atoms with Crippen LogP contribution >= 0.6 is 23.4 Å². The first-order valence-electron chi connectivity index (χ1n) is 9.25. The molecule has 32 heavy (non-hydrogen) atoms. The quantitative estimate of drug-likeness (QED) is 0.468. The molecule has 5 atom stereocenters. The average Bonchev–Trinajstić information content (AvgIpc) is 3.23. The Morgan fingerprint density at radius 2 is 1.81 bits per heavy atom. The first-order chi connectivity index (χ1) is 15.3. The van der Waals surface area contributed by atoms with E-state index in [1.54, 1.807) is 6.07 Å². The first-order valence-corrected chi connectivity index (χ1v) is 10.5. The summed E-state index contributed by atoms with van der Waals surface area (Å²) in [6.45, 7) is -0.550. The lowest BCUT2D eigenvalue weighted by atomic mass is 9.97. The summed E-state index contributed by atoms with van der Waals surface area (Å²) in [7, 11) is 0. The van der Waals surface area contributed by atoms with Crippen molar-refractivity contribution in [2.24, 2.45) is 0 Å². The van der Waals surface area contributed by atoms with Gasteiger partial charge in [-0.15, -0.1) is 5.10 Å². The zero-order valence-corrected chi connectivity index (χ0v) is 17.6. The number of hydrogen-bond donors (Lipinski definition) is 3. The van der Waals surface area contributed by atoms with Gasteiger partial charge in [0.2, 0.25) is 0 Å². The van der Waals surface area contributed by atoms with Crippen molar-refractivity contribution >= 4 is 23.4 Å². The number of rotatable bonds is 5. The summed E-state index contributed by atoms with van der Waals surface area (Å²) >= 11 is 7.01. The van der Waals surface area contributed by atoms with Crippen molar-refractivity contribution in [2.75, 3.05) is 6.61 Å². The van der Waals surface area contributed by atoms with Crippen molar-refractivity contribution < 1.29 is 33.2 Å². The normalized spacial score (nSPS) is 25.8. The molecular weight excluding hydrogens is 473 g/mol. The summed E-state index contributed by atoms with van der Waals surface area (Å²) in [4.78, 5) is 4.53. The fourth-order valence-corrected chi connectivity index (χ4v) is 4.65. The van der Waals surface area contributed by atoms with E-state index in [4.69, 9.17) is 16.3 Å². The third-order valence-corrected chi connectivity index (χ3v) is 6.20. The predicted octanol–water partition coefficient (Wildman–Crippen LogP) is 2.18. The molecule has 0 saturated carbocycles. The van der Waals surface area contributed by atoms with Gasteiger partial charge in [0, 0.05) is 22.9 Å². The molecule has 0 spiro atoms. The number of hydrogen-bond acceptors (Lipinski definition) is 8. The molecular formula is C19H16ClF3N4O4S. The molecule has 4 rings (SSSR count). The second kappa shape index (κ2) is 9.33. The Morgan fingerprint density at radius 3 is 2.47 bits per heavy atom. The largest absolute Gasteiger partial charge is 0.394 e. The zero-order valence-electron chi connectivity index (χ0n) is 16.0. The van der Waals surface area contributed by atoms with Crippen LogP contribution < -0.4 is 0 Å². The Labute approximate surface area is 188 Å². The number of benzene rings is 1. The van der Waals surface area contributed by atoms with Crippen molar-refractivity contribution in [3.63, 3.8) is 0 Å². The Bertz CT molecular complexity index is 1100. The van der Waals surface area contributed by atoms with E-state index in [0.29, 0.717) is 9.92 Å². The molecule has 3 aromatic rings. The van der Waals surface area contributed by atoms with Crippen LogP contribution in [0.25, 0.3) is 11.3 Å². The molecule has 5 unspecified atom stereocenters. The Hall–Kier alpha value is -2.22. The highest BCUT2D eigenvalue weighted by Gasteiger charge is 2.46. The van der Waals surface area contributed by atoms with Crippen molar-refractivity contribution in [1.82, 2.24) is 20.0 Å². The van der Waals surface area contributed by atoms with Crippen LogP contribution in [0.3, 0.4) is 0 Å². The molecule has 170 valence electrons. The molecule has 13 heteroatoms. The van der Waals surface area contributed by atoms with Crippen LogP contribution in [-0.4, -0.2) is 65.7 Å². The summed E-state index contributed by atoms with van der Waals surface area (Å²) in [6, 6.07) is 1.99. The standard InChI is InChI=1S/C19H16ClF3N4O4S/c20-9-3-10(5-24-4-9)32-19-18(30)16(17(29)14(7-28)31-19)27-6-13(25-26-27)8-1-11(21)15(23)12(22)2-8/h1-6,14,16-19,28-30H,7H2. The van der Waals surface area contributed by atoms with Crippen molar-refractivity contribution in [3.05, 3.63) is 59.3 Å². The highest BCUT2D eigenvalue weighted by atomic mass is 35.5. The number of aromatic nitrogens is 4. The fourth-order valence-electron chi connectivity index (χ4n) is 3.33. The van der Waals surface area contributed by atoms with Gasteiger partial charge in [-0.2, -0.15) is 0 Å². The Balaban J connectivity index is 1.64. The summed E-state index contributed by atoms with van der Waals surface area (Å²) < 4.78 is 47.2. The van der Waals surface area contributed by atoms with Crippen molar-refractivity contribution in [1.29, 1.82) is 0 Å². The van der Waals surface area contributed by atoms with Gasteiger partial charge < -0.3 is 20.1 Å². The molecule has 8 nitrogen and oxygen atoms in total. The van der Waals surface area contributed by atoms with Crippen molar-refractivity contribution in [3.8, 4) is 11.3 Å². The Kier molecular flexibility index (Phi) is 6.70. The van der Waals surface area contributed by atoms with E-state index < -0.39 is 53.8 Å². The first kappa shape index (κ1) is 23.0. The minimum Gasteiger partial charge on any atom is -0.394 e. The third kappa shape index (κ3) is 4.47. The number of aliphatic hydroxyl groups excluding tert-OH is 3. The summed E-state index contributed by atoms with van der Waals surface area (Å²) in [5, 5.41) is 39.2. The molecule has 0 aliphatic carbocycles. The van der Waals surface area contributed by atoms with E-state index >= 15 is 0 Å². The topological polar surface area (TPSA) is 114 Å². The number of halogens is 4. The van der Waals surface area contributed by atoms with Gasteiger partial charge >= 0.3 is 0 Å². The lowest BCUT2D eigenvalue weighted by molar-refractivity contribution is -0.178. The monoisotopic (exact) mass is 488 g/mol. The van der Waals surface area contributed by atoms with Crippen molar-refractivity contribution in [2.45, 2.75) is 34.7 Å². The van der Waals surface area contributed by atoms with Gasteiger partial charge in [-0.3, -0.25) is 4.98 Å². The average molecular weight is 489 g/mol. The van der Waals surface area contributed by atoms with Gasteiger partial charge in [-0.25, -0.2) is 17.9 Å². The second-order valence-electron chi connectivity index (χ2n) is 6.99. The van der Waals surface area contributed by atoms with E-state index in [0.717, 1.165) is 28.6 Å². The molecule has 0 bridgehead atoms. The molecule has 2 aromatic heterocycles. The lowest BCUT2D eigenvalue weighted by Gasteiger charge is -2.41. The van der Waals surface area contributed by atoms with Gasteiger partial charge in [0.15, 0.2) is 17.5 Å². The van der Waals surface area contributed by atoms with E-state index in [2.05, 4.69) is 15.3 Å². The summed E-state index contributed by atoms with van der Waals surface area (Å²) in [5.41, 5.74) is -1.05. The van der Waals surface area contributed by atoms with Crippen LogP contribution in [0.2, 0.25) is 5.02 Å². The zero-order chi connectivity index (χ0) is 23.0. The predicted molar refractivity (Wildman–Crippen MR) is 107 cm³/mol. The van der Waals surface area contributed by atoms with Crippen LogP contribution in [0.15, 0.2) is 41.7 Å². The SMILES string of the molecule is OCC1OC(Sc2cncc(Cl)c2)C(O)C(n2cc(-c3cc(F)c(F)c(F)c3)nn2)C1O. The number of aliphatic hydroxyl groups is 3. The molecule has 0 amide bonds. The van der Waals surface area contributed by atoms with Crippen LogP contribution in [0.4, 0.5) is 13.2 Å². The number of pyridine rings is 1. The van der Waals surface area contributed by atoms with Gasteiger partial charge in [-0.1, -0.05) is 28.6 Å². The number of nitrogens with zero attached hydrogens (tertiary/aromatic N) is 4. The molecule has 0 radical (unpaired) electrons. The third-order valence-electron chi connectivity index (χ3n) is 4.88. The molecule has 1 saturated heterocycles. The summed E-state index contributed by atoms with van der Waals surface area (Å²) in [5.74, 6) is -4.40. The van der Waals surface area contributed by atoms with E-state index in [1.807, 2.05) is 0 Å². The maximum Gasteiger partial charge on any atom is 0.194 e. The van der Waals surface area contributed by atoms with E-state index in [9.17, 15) is 28.5 Å². The molecule has 1 aromatic carbocycles. The highest BCUT2D eigenvalue weighted by molar-refractivity contribution is 7.99. The van der Waals surface area contributed by atoms with Gasteiger partial charge in [0.05, 0.1) is 17.8 Å². The minimum atomic E-state index is -1.61. The fraction of sp³-hybridized carbons (Fsp3) is 0.316. The smallest absolute Gasteiger partial charge is 0.194 e. The summed E-state index contributed by atoms with van der Waals surface area (Å²) in [6.07, 6.45) is 0.387. The van der Waals surface area contributed by atoms with Crippen LogP contribution in [0.1, 0.15) is 6.04 Å². The van der Waals surface area contributed by atoms with Gasteiger partial charge in [0.25, 0.3) is 0 Å². The molecule has 1 aliphatic rings. The van der Waals surface area contributed by atoms with Gasteiger partial charge in [-0.05, 0) is 18.2 Å². The van der Waals surface area contributed by atoms with Crippen LogP contribution in [0, 0.1) is 17.5 Å². The van der Waals surface area contributed by atoms with E-state index in [-0.39, 0.29) is 11.3 Å². The van der Waals surface area contributed by atoms with Gasteiger partial charge in [0.1, 0.15) is 35.5 Å². The lowest BCUT2D eigenvalue weighted by Crippen LogP contribution is -2.55. The molecule has 3 N–H and O–H groups in total. The van der Waals surface area contributed by atoms with Crippen LogP contribution in [0.5, 0.6) is 0 Å². The molecule has 3 heterocycles. The highest BCUT2D eigenvalue weighted by Crippen LogP contribution is 2.38. The Morgan fingerprint density at radius 1 is 1.09 bits per heavy atom. The molecule has 1 aliphatic heterocycles. The molecule has 1 fully saturated rings. The van der Waals surface area contributed by atoms with E-state index in [1.165, 1.54) is 18.6 Å². The second-order valence-corrected chi connectivity index (χ2v) is 8.60. The number of ether oxygens (including phenoxy) is 1.